The average molecular weight is 295 g/mol. The summed E-state index contributed by atoms with van der Waals surface area (Å²) in [6, 6.07) is 5.65. The van der Waals surface area contributed by atoms with Crippen LogP contribution in [0.4, 0.5) is 11.4 Å². The van der Waals surface area contributed by atoms with Crippen molar-refractivity contribution in [3.8, 4) is 0 Å². The van der Waals surface area contributed by atoms with Gasteiger partial charge in [-0.2, -0.15) is 5.10 Å². The van der Waals surface area contributed by atoms with E-state index in [0.29, 0.717) is 11.4 Å². The van der Waals surface area contributed by atoms with Crippen molar-refractivity contribution in [2.45, 2.75) is 6.92 Å². The predicted molar refractivity (Wildman–Crippen MR) is 69.8 cm³/mol. The first-order chi connectivity index (χ1) is 8.06. The van der Waals surface area contributed by atoms with Crippen LogP contribution in [0.3, 0.4) is 0 Å². The van der Waals surface area contributed by atoms with Crippen molar-refractivity contribution >= 4 is 33.2 Å². The summed E-state index contributed by atoms with van der Waals surface area (Å²) >= 11 is 3.37. The van der Waals surface area contributed by atoms with Gasteiger partial charge >= 0.3 is 0 Å². The van der Waals surface area contributed by atoms with Crippen molar-refractivity contribution in [1.82, 2.24) is 10.2 Å². The fourth-order valence-corrected chi connectivity index (χ4v) is 2.09. The molecule has 0 aliphatic heterocycles. The van der Waals surface area contributed by atoms with Gasteiger partial charge in [0.1, 0.15) is 5.69 Å². The van der Waals surface area contributed by atoms with Gasteiger partial charge in [-0.15, -0.1) is 0 Å². The molecule has 1 heterocycles. The number of carbonyl (C=O) groups excluding carboxylic acids is 1. The lowest BCUT2D eigenvalue weighted by molar-refractivity contribution is 0.102. The van der Waals surface area contributed by atoms with Crippen LogP contribution in [0.25, 0.3) is 0 Å². The van der Waals surface area contributed by atoms with E-state index in [-0.39, 0.29) is 11.6 Å². The molecule has 1 aromatic carbocycles. The number of rotatable bonds is 2. The first-order valence-corrected chi connectivity index (χ1v) is 5.73. The quantitative estimate of drug-likeness (QED) is 0.795. The second-order valence-electron chi connectivity index (χ2n) is 3.67. The average Bonchev–Trinajstić information content (AvgIpc) is 2.62. The van der Waals surface area contributed by atoms with Crippen molar-refractivity contribution in [3.63, 3.8) is 0 Å². The van der Waals surface area contributed by atoms with Crippen LogP contribution in [0, 0.1) is 6.92 Å². The second-order valence-corrected chi connectivity index (χ2v) is 4.59. The minimum absolute atomic E-state index is 0.266. The van der Waals surface area contributed by atoms with Crippen LogP contribution in [0.1, 0.15) is 16.1 Å². The molecule has 6 heteroatoms. The number of nitrogens with zero attached hydrogens (tertiary/aromatic N) is 1. The van der Waals surface area contributed by atoms with Crippen LogP contribution in [0.5, 0.6) is 0 Å². The summed E-state index contributed by atoms with van der Waals surface area (Å²) in [6.07, 6.45) is 1.40. The number of hydrogen-bond acceptors (Lipinski definition) is 3. The van der Waals surface area contributed by atoms with E-state index in [0.717, 1.165) is 10.0 Å². The molecule has 17 heavy (non-hydrogen) atoms. The van der Waals surface area contributed by atoms with Crippen LogP contribution in [-0.2, 0) is 0 Å². The number of benzene rings is 1. The van der Waals surface area contributed by atoms with Gasteiger partial charge in [-0.05, 0) is 30.7 Å². The number of anilines is 2. The second kappa shape index (κ2) is 4.58. The summed E-state index contributed by atoms with van der Waals surface area (Å²) in [5, 5.41) is 9.00. The predicted octanol–water partition coefficient (Wildman–Crippen LogP) is 2.32. The summed E-state index contributed by atoms with van der Waals surface area (Å²) in [4.78, 5) is 11.8. The van der Waals surface area contributed by atoms with Gasteiger partial charge in [0.25, 0.3) is 5.91 Å². The summed E-state index contributed by atoms with van der Waals surface area (Å²) in [6.45, 7) is 1.95. The zero-order valence-electron chi connectivity index (χ0n) is 9.12. The number of amides is 1. The molecule has 0 saturated carbocycles. The maximum atomic E-state index is 11.8. The Hall–Kier alpha value is -1.82. The number of halogens is 1. The molecule has 2 rings (SSSR count). The van der Waals surface area contributed by atoms with Gasteiger partial charge in [-0.3, -0.25) is 9.89 Å². The molecule has 0 aliphatic carbocycles. The lowest BCUT2D eigenvalue weighted by Gasteiger charge is -2.06. The molecule has 0 saturated heterocycles. The number of nitrogens with two attached hydrogens (primary N) is 1. The van der Waals surface area contributed by atoms with Gasteiger partial charge in [-0.1, -0.05) is 15.9 Å². The zero-order chi connectivity index (χ0) is 12.4. The first-order valence-electron chi connectivity index (χ1n) is 4.93. The summed E-state index contributed by atoms with van der Waals surface area (Å²) in [5.41, 5.74) is 7.94. The van der Waals surface area contributed by atoms with Gasteiger partial charge in [0.15, 0.2) is 0 Å². The van der Waals surface area contributed by atoms with Gasteiger partial charge in [0.05, 0.1) is 11.9 Å². The molecule has 0 radical (unpaired) electrons. The third-order valence-corrected chi connectivity index (χ3v) is 2.65. The molecule has 0 bridgehead atoms. The van der Waals surface area contributed by atoms with Crippen molar-refractivity contribution in [2.24, 2.45) is 0 Å². The lowest BCUT2D eigenvalue weighted by Crippen LogP contribution is -2.14. The van der Waals surface area contributed by atoms with Crippen molar-refractivity contribution in [3.05, 3.63) is 40.1 Å². The molecule has 5 nitrogen and oxygen atoms in total. The molecule has 4 N–H and O–H groups in total. The highest BCUT2D eigenvalue weighted by atomic mass is 79.9. The van der Waals surface area contributed by atoms with Crippen LogP contribution >= 0.6 is 15.9 Å². The summed E-state index contributed by atoms with van der Waals surface area (Å²) in [5.74, 6) is -0.308. The van der Waals surface area contributed by atoms with E-state index in [9.17, 15) is 4.79 Å². The van der Waals surface area contributed by atoms with E-state index in [1.54, 1.807) is 0 Å². The van der Waals surface area contributed by atoms with E-state index in [4.69, 9.17) is 5.73 Å². The molecule has 0 unspecified atom stereocenters. The maximum absolute atomic E-state index is 11.8. The van der Waals surface area contributed by atoms with Crippen LogP contribution in [-0.4, -0.2) is 16.1 Å². The minimum Gasteiger partial charge on any atom is -0.396 e. The van der Waals surface area contributed by atoms with E-state index in [1.165, 1.54) is 6.20 Å². The number of aromatic amines is 1. The van der Waals surface area contributed by atoms with Crippen LogP contribution in [0.15, 0.2) is 28.9 Å². The monoisotopic (exact) mass is 294 g/mol. The number of hydrogen-bond donors (Lipinski definition) is 3. The standard InChI is InChI=1S/C11H11BrN4O/c1-6-2-7(12)4-8(3-6)15-11(17)10-9(13)5-14-16-10/h2-5H,13H2,1H3,(H,14,16)(H,15,17). The number of H-pyrrole nitrogens is 1. The Kier molecular flexibility index (Phi) is 3.14. The third-order valence-electron chi connectivity index (χ3n) is 2.20. The summed E-state index contributed by atoms with van der Waals surface area (Å²) in [7, 11) is 0. The number of aryl methyl sites for hydroxylation is 1. The zero-order valence-corrected chi connectivity index (χ0v) is 10.7. The molecular formula is C11H11BrN4O. The molecule has 1 amide bonds. The number of nitrogens with one attached hydrogen (secondary N) is 2. The Morgan fingerprint density at radius 1 is 1.47 bits per heavy atom. The van der Waals surface area contributed by atoms with Gasteiger partial charge in [0.2, 0.25) is 0 Å². The normalized spacial score (nSPS) is 10.2. The highest BCUT2D eigenvalue weighted by molar-refractivity contribution is 9.10. The SMILES string of the molecule is Cc1cc(Br)cc(NC(=O)c2[nH]ncc2N)c1. The van der Waals surface area contributed by atoms with E-state index < -0.39 is 0 Å². The fourth-order valence-electron chi connectivity index (χ4n) is 1.48. The van der Waals surface area contributed by atoms with E-state index >= 15 is 0 Å². The Morgan fingerprint density at radius 2 is 2.24 bits per heavy atom. The molecular weight excluding hydrogens is 284 g/mol. The number of aromatic nitrogens is 2. The number of carbonyl (C=O) groups is 1. The first kappa shape index (κ1) is 11.7. The van der Waals surface area contributed by atoms with E-state index in [2.05, 4.69) is 31.4 Å². The Balaban J connectivity index is 2.21. The van der Waals surface area contributed by atoms with Gasteiger partial charge in [-0.25, -0.2) is 0 Å². The molecule has 0 aliphatic rings. The highest BCUT2D eigenvalue weighted by Crippen LogP contribution is 2.20. The molecule has 2 aromatic rings. The van der Waals surface area contributed by atoms with E-state index in [1.807, 2.05) is 25.1 Å². The Labute approximate surface area is 107 Å². The number of nitrogen functional groups attached to an aromatic ring is 1. The highest BCUT2D eigenvalue weighted by Gasteiger charge is 2.12. The summed E-state index contributed by atoms with van der Waals surface area (Å²) < 4.78 is 0.908. The van der Waals surface area contributed by atoms with Crippen molar-refractivity contribution < 1.29 is 4.79 Å². The Morgan fingerprint density at radius 3 is 2.82 bits per heavy atom. The minimum atomic E-state index is -0.308. The third kappa shape index (κ3) is 2.65. The molecule has 0 atom stereocenters. The van der Waals surface area contributed by atoms with Crippen molar-refractivity contribution in [1.29, 1.82) is 0 Å². The lowest BCUT2D eigenvalue weighted by atomic mass is 10.2. The van der Waals surface area contributed by atoms with Gasteiger partial charge in [0, 0.05) is 10.2 Å². The maximum Gasteiger partial charge on any atom is 0.275 e. The topological polar surface area (TPSA) is 83.8 Å². The van der Waals surface area contributed by atoms with Crippen LogP contribution < -0.4 is 11.1 Å². The molecule has 0 fully saturated rings. The molecule has 1 aromatic heterocycles. The largest absolute Gasteiger partial charge is 0.396 e. The Bertz CT molecular complexity index is 544. The van der Waals surface area contributed by atoms with Crippen LogP contribution in [0.2, 0.25) is 0 Å². The molecule has 0 spiro atoms. The smallest absolute Gasteiger partial charge is 0.275 e. The van der Waals surface area contributed by atoms with Gasteiger partial charge < -0.3 is 11.1 Å². The fraction of sp³-hybridized carbons (Fsp3) is 0.0909. The van der Waals surface area contributed by atoms with Crippen molar-refractivity contribution in [2.75, 3.05) is 11.1 Å². The molecule has 88 valence electrons.